The molecule has 0 aliphatic heterocycles. The number of carbonyl (C=O) groups excluding carboxylic acids is 1. The first-order chi connectivity index (χ1) is 9.54. The van der Waals surface area contributed by atoms with E-state index in [4.69, 9.17) is 0 Å². The predicted octanol–water partition coefficient (Wildman–Crippen LogP) is 3.68. The topological polar surface area (TPSA) is 40.5 Å². The van der Waals surface area contributed by atoms with Crippen LogP contribution in [-0.2, 0) is 0 Å². The fraction of sp³-hybridized carbons (Fsp3) is 0.235. The molecule has 3 nitrogen and oxygen atoms in total. The van der Waals surface area contributed by atoms with Crippen molar-refractivity contribution in [3.05, 3.63) is 59.2 Å². The zero-order valence-corrected chi connectivity index (χ0v) is 12.1. The molecule has 0 aromatic heterocycles. The molecule has 2 rings (SSSR count). The van der Waals surface area contributed by atoms with Gasteiger partial charge >= 0.3 is 0 Å². The molecule has 0 heterocycles. The molecule has 0 spiro atoms. The van der Waals surface area contributed by atoms with Crippen LogP contribution in [0.15, 0.2) is 42.5 Å². The minimum Gasteiger partial charge on any atom is -0.508 e. The number of aromatic hydroxyl groups is 1. The second-order valence-corrected chi connectivity index (χ2v) is 4.84. The van der Waals surface area contributed by atoms with Crippen LogP contribution in [0.5, 0.6) is 5.75 Å². The van der Waals surface area contributed by atoms with Crippen LogP contribution in [0.4, 0.5) is 5.69 Å². The van der Waals surface area contributed by atoms with Gasteiger partial charge in [-0.05, 0) is 44.0 Å². The average molecular weight is 269 g/mol. The fourth-order valence-electron chi connectivity index (χ4n) is 2.27. The Balaban J connectivity index is 2.45. The molecule has 0 unspecified atom stereocenters. The highest BCUT2D eigenvalue weighted by Crippen LogP contribution is 2.26. The van der Waals surface area contributed by atoms with Gasteiger partial charge in [0.1, 0.15) is 5.75 Å². The highest BCUT2D eigenvalue weighted by Gasteiger charge is 2.19. The summed E-state index contributed by atoms with van der Waals surface area (Å²) >= 11 is 0. The van der Waals surface area contributed by atoms with E-state index in [2.05, 4.69) is 0 Å². The number of benzene rings is 2. The van der Waals surface area contributed by atoms with Crippen molar-refractivity contribution < 1.29 is 9.90 Å². The average Bonchev–Trinajstić information content (AvgIpc) is 2.44. The molecule has 104 valence electrons. The van der Waals surface area contributed by atoms with E-state index < -0.39 is 0 Å². The van der Waals surface area contributed by atoms with Crippen molar-refractivity contribution in [1.82, 2.24) is 0 Å². The number of nitrogens with zero attached hydrogens (tertiary/aromatic N) is 1. The van der Waals surface area contributed by atoms with Crippen LogP contribution in [-0.4, -0.2) is 17.6 Å². The van der Waals surface area contributed by atoms with Gasteiger partial charge in [-0.3, -0.25) is 4.79 Å². The number of rotatable bonds is 3. The number of anilines is 1. The van der Waals surface area contributed by atoms with Crippen molar-refractivity contribution in [2.24, 2.45) is 0 Å². The maximum absolute atomic E-state index is 12.7. The van der Waals surface area contributed by atoms with Gasteiger partial charge in [-0.1, -0.05) is 24.3 Å². The predicted molar refractivity (Wildman–Crippen MR) is 81.4 cm³/mol. The third-order valence-corrected chi connectivity index (χ3v) is 3.42. The van der Waals surface area contributed by atoms with Gasteiger partial charge in [0, 0.05) is 18.2 Å². The van der Waals surface area contributed by atoms with E-state index in [9.17, 15) is 9.90 Å². The lowest BCUT2D eigenvalue weighted by Crippen LogP contribution is -2.31. The van der Waals surface area contributed by atoms with Crippen molar-refractivity contribution in [3.8, 4) is 5.75 Å². The Bertz CT molecular complexity index is 635. The lowest BCUT2D eigenvalue weighted by Gasteiger charge is -2.24. The zero-order chi connectivity index (χ0) is 14.7. The van der Waals surface area contributed by atoms with E-state index >= 15 is 0 Å². The summed E-state index contributed by atoms with van der Waals surface area (Å²) in [4.78, 5) is 14.4. The van der Waals surface area contributed by atoms with Crippen molar-refractivity contribution in [1.29, 1.82) is 0 Å². The molecule has 0 aliphatic rings. The Morgan fingerprint density at radius 2 is 1.80 bits per heavy atom. The SMILES string of the molecule is CCN(C(=O)c1ccccc1C)c1cc(O)ccc1C. The van der Waals surface area contributed by atoms with Crippen LogP contribution in [0.2, 0.25) is 0 Å². The van der Waals surface area contributed by atoms with Crippen molar-refractivity contribution in [3.63, 3.8) is 0 Å². The number of phenols is 1. The van der Waals surface area contributed by atoms with Gasteiger partial charge in [-0.15, -0.1) is 0 Å². The number of carbonyl (C=O) groups is 1. The van der Waals surface area contributed by atoms with Crippen LogP contribution in [0.3, 0.4) is 0 Å². The number of hydrogen-bond donors (Lipinski definition) is 1. The molecule has 3 heteroatoms. The smallest absolute Gasteiger partial charge is 0.258 e. The van der Waals surface area contributed by atoms with Gasteiger partial charge in [0.15, 0.2) is 0 Å². The van der Waals surface area contributed by atoms with Crippen LogP contribution >= 0.6 is 0 Å². The van der Waals surface area contributed by atoms with Crippen molar-refractivity contribution in [2.45, 2.75) is 20.8 Å². The first-order valence-electron chi connectivity index (χ1n) is 6.71. The van der Waals surface area contributed by atoms with Gasteiger partial charge in [0.05, 0.1) is 5.69 Å². The Labute approximate surface area is 119 Å². The van der Waals surface area contributed by atoms with E-state index in [1.54, 1.807) is 17.0 Å². The molecule has 0 fully saturated rings. The second-order valence-electron chi connectivity index (χ2n) is 4.84. The van der Waals surface area contributed by atoms with E-state index in [1.807, 2.05) is 51.1 Å². The largest absolute Gasteiger partial charge is 0.508 e. The Morgan fingerprint density at radius 3 is 2.45 bits per heavy atom. The Kier molecular flexibility index (Phi) is 4.08. The molecule has 2 aromatic carbocycles. The third-order valence-electron chi connectivity index (χ3n) is 3.42. The summed E-state index contributed by atoms with van der Waals surface area (Å²) in [7, 11) is 0. The molecule has 0 saturated heterocycles. The number of hydrogen-bond acceptors (Lipinski definition) is 2. The standard InChI is InChI=1S/C17H19NO2/c1-4-18(16-11-14(19)10-9-13(16)3)17(20)15-8-6-5-7-12(15)2/h5-11,19H,4H2,1-3H3. The summed E-state index contributed by atoms with van der Waals surface area (Å²) in [5.41, 5.74) is 3.36. The van der Waals surface area contributed by atoms with Crippen LogP contribution in [0, 0.1) is 13.8 Å². The Morgan fingerprint density at radius 1 is 1.10 bits per heavy atom. The third kappa shape index (κ3) is 2.67. The maximum atomic E-state index is 12.7. The summed E-state index contributed by atoms with van der Waals surface area (Å²) < 4.78 is 0. The molecule has 0 aliphatic carbocycles. The fourth-order valence-corrected chi connectivity index (χ4v) is 2.27. The molecule has 1 amide bonds. The zero-order valence-electron chi connectivity index (χ0n) is 12.1. The van der Waals surface area contributed by atoms with Crippen molar-refractivity contribution >= 4 is 11.6 Å². The van der Waals surface area contributed by atoms with Gasteiger partial charge in [-0.2, -0.15) is 0 Å². The molecular weight excluding hydrogens is 250 g/mol. The Hall–Kier alpha value is -2.29. The first kappa shape index (κ1) is 14.1. The molecule has 0 saturated carbocycles. The summed E-state index contributed by atoms with van der Waals surface area (Å²) in [6.07, 6.45) is 0. The summed E-state index contributed by atoms with van der Waals surface area (Å²) in [5, 5.41) is 9.65. The lowest BCUT2D eigenvalue weighted by atomic mass is 10.1. The van der Waals surface area contributed by atoms with Crippen molar-refractivity contribution in [2.75, 3.05) is 11.4 Å². The molecule has 2 aromatic rings. The second kappa shape index (κ2) is 5.78. The van der Waals surface area contributed by atoms with E-state index in [0.29, 0.717) is 12.1 Å². The summed E-state index contributed by atoms with van der Waals surface area (Å²) in [6, 6.07) is 12.6. The van der Waals surface area contributed by atoms with Crippen LogP contribution in [0.1, 0.15) is 28.4 Å². The molecule has 1 N–H and O–H groups in total. The van der Waals surface area contributed by atoms with Gasteiger partial charge in [0.25, 0.3) is 5.91 Å². The maximum Gasteiger partial charge on any atom is 0.258 e. The summed E-state index contributed by atoms with van der Waals surface area (Å²) in [6.45, 7) is 6.34. The molecular formula is C17H19NO2. The van der Waals surface area contributed by atoms with Gasteiger partial charge in [0.2, 0.25) is 0 Å². The van der Waals surface area contributed by atoms with E-state index in [-0.39, 0.29) is 11.7 Å². The highest BCUT2D eigenvalue weighted by atomic mass is 16.3. The van der Waals surface area contributed by atoms with E-state index in [1.165, 1.54) is 0 Å². The highest BCUT2D eigenvalue weighted by molar-refractivity contribution is 6.07. The normalized spacial score (nSPS) is 10.3. The van der Waals surface area contributed by atoms with E-state index in [0.717, 1.165) is 16.8 Å². The molecule has 0 radical (unpaired) electrons. The quantitative estimate of drug-likeness (QED) is 0.923. The number of phenolic OH excluding ortho intramolecular Hbond substituents is 1. The number of aryl methyl sites for hydroxylation is 2. The minimum atomic E-state index is -0.0423. The molecule has 0 atom stereocenters. The molecule has 0 bridgehead atoms. The molecule has 20 heavy (non-hydrogen) atoms. The van der Waals surface area contributed by atoms with Gasteiger partial charge in [-0.25, -0.2) is 0 Å². The van der Waals surface area contributed by atoms with Gasteiger partial charge < -0.3 is 10.0 Å². The van der Waals surface area contributed by atoms with Crippen LogP contribution in [0.25, 0.3) is 0 Å². The number of amides is 1. The lowest BCUT2D eigenvalue weighted by molar-refractivity contribution is 0.0987. The summed E-state index contributed by atoms with van der Waals surface area (Å²) in [5.74, 6) is 0.126. The minimum absolute atomic E-state index is 0.0423. The first-order valence-corrected chi connectivity index (χ1v) is 6.71. The van der Waals surface area contributed by atoms with Crippen LogP contribution < -0.4 is 4.90 Å². The monoisotopic (exact) mass is 269 g/mol.